The molecule has 134 valence electrons. The van der Waals surface area contributed by atoms with E-state index in [2.05, 4.69) is 13.2 Å². The lowest BCUT2D eigenvalue weighted by atomic mass is 9.91. The molecule has 9 heteroatoms. The summed E-state index contributed by atoms with van der Waals surface area (Å²) in [7, 11) is 0. The van der Waals surface area contributed by atoms with Gasteiger partial charge in [-0.2, -0.15) is 0 Å². The first-order valence-electron chi connectivity index (χ1n) is 7.45. The summed E-state index contributed by atoms with van der Waals surface area (Å²) in [6, 6.07) is 0. The number of hydrogen-bond donors (Lipinski definition) is 3. The van der Waals surface area contributed by atoms with Gasteiger partial charge in [0.25, 0.3) is 0 Å². The third-order valence-corrected chi connectivity index (χ3v) is 3.77. The lowest BCUT2D eigenvalue weighted by molar-refractivity contribution is 0.117. The van der Waals surface area contributed by atoms with E-state index in [9.17, 15) is 19.5 Å². The summed E-state index contributed by atoms with van der Waals surface area (Å²) in [5, 5.41) is 28.0. The third-order valence-electron chi connectivity index (χ3n) is 3.77. The van der Waals surface area contributed by atoms with E-state index in [1.165, 1.54) is 12.2 Å². The van der Waals surface area contributed by atoms with Crippen LogP contribution in [0, 0.1) is 0 Å². The van der Waals surface area contributed by atoms with Crippen molar-refractivity contribution in [3.8, 4) is 0 Å². The van der Waals surface area contributed by atoms with E-state index in [1.54, 1.807) is 0 Å². The van der Waals surface area contributed by atoms with Gasteiger partial charge in [-0.05, 0) is 12.8 Å². The highest BCUT2D eigenvalue weighted by molar-refractivity contribution is 4.99. The molecule has 0 amide bonds. The van der Waals surface area contributed by atoms with E-state index < -0.39 is 42.4 Å². The van der Waals surface area contributed by atoms with Gasteiger partial charge >= 0.3 is 17.1 Å². The van der Waals surface area contributed by atoms with Crippen LogP contribution in [0.3, 0.4) is 0 Å². The summed E-state index contributed by atoms with van der Waals surface area (Å²) in [6.07, 6.45) is 3.06. The highest BCUT2D eigenvalue weighted by Crippen LogP contribution is 2.22. The molecule has 0 bridgehead atoms. The quantitative estimate of drug-likeness (QED) is 0.422. The van der Waals surface area contributed by atoms with Gasteiger partial charge in [0.05, 0.1) is 38.4 Å². The first kappa shape index (κ1) is 19.8. The topological polar surface area (TPSA) is 127 Å². The number of hydrogen-bond acceptors (Lipinski definition) is 6. The van der Waals surface area contributed by atoms with Gasteiger partial charge in [0.1, 0.15) is 0 Å². The highest BCUT2D eigenvalue weighted by Gasteiger charge is 2.34. The maximum absolute atomic E-state index is 12.7. The van der Waals surface area contributed by atoms with Crippen LogP contribution in [0.4, 0.5) is 0 Å². The Morgan fingerprint density at radius 3 is 1.54 bits per heavy atom. The zero-order valence-corrected chi connectivity index (χ0v) is 13.4. The Morgan fingerprint density at radius 2 is 1.25 bits per heavy atom. The van der Waals surface area contributed by atoms with Crippen molar-refractivity contribution in [1.82, 2.24) is 13.7 Å². The normalized spacial score (nSPS) is 11.5. The fraction of sp³-hybridized carbons (Fsp3) is 0.533. The summed E-state index contributed by atoms with van der Waals surface area (Å²) in [6.45, 7) is 5.00. The summed E-state index contributed by atoms with van der Waals surface area (Å²) >= 11 is 0. The molecule has 0 aliphatic rings. The number of aliphatic hydroxyl groups excluding tert-OH is 3. The Labute approximate surface area is 138 Å². The Hall–Kier alpha value is -2.23. The molecule has 0 spiro atoms. The molecule has 1 rings (SSSR count). The summed E-state index contributed by atoms with van der Waals surface area (Å²) in [4.78, 5) is 37.6. The van der Waals surface area contributed by atoms with Crippen molar-refractivity contribution >= 4 is 0 Å². The molecule has 0 aromatic carbocycles. The van der Waals surface area contributed by atoms with Gasteiger partial charge in [0, 0.05) is 0 Å². The predicted octanol–water partition coefficient (Wildman–Crippen LogP) is -2.00. The van der Waals surface area contributed by atoms with Gasteiger partial charge in [-0.15, -0.1) is 13.2 Å². The molecule has 0 saturated heterocycles. The second kappa shape index (κ2) is 8.57. The van der Waals surface area contributed by atoms with Gasteiger partial charge in [-0.1, -0.05) is 12.2 Å². The largest absolute Gasteiger partial charge is 0.395 e. The van der Waals surface area contributed by atoms with Crippen LogP contribution in [0.25, 0.3) is 0 Å². The average Bonchev–Trinajstić information content (AvgIpc) is 2.55. The first-order chi connectivity index (χ1) is 11.4. The molecule has 9 nitrogen and oxygen atoms in total. The standard InChI is InChI=1S/C15H23N3O6/c1-3-5-15(11-21,6-4-2)18-13(23)16(7-9-19)12(22)17(8-10-20)14(18)24/h3-4,19-21H,1-2,5-11H2. The van der Waals surface area contributed by atoms with Crippen LogP contribution in [0.5, 0.6) is 0 Å². The van der Waals surface area contributed by atoms with Crippen LogP contribution in [0.1, 0.15) is 12.8 Å². The number of aliphatic hydroxyl groups is 3. The zero-order chi connectivity index (χ0) is 18.3. The molecular formula is C15H23N3O6. The van der Waals surface area contributed by atoms with E-state index in [1.807, 2.05) is 0 Å². The molecule has 0 aliphatic heterocycles. The van der Waals surface area contributed by atoms with Crippen molar-refractivity contribution in [2.75, 3.05) is 19.8 Å². The number of allylic oxidation sites excluding steroid dienone is 2. The molecule has 0 atom stereocenters. The van der Waals surface area contributed by atoms with Crippen LogP contribution in [0.2, 0.25) is 0 Å². The molecule has 24 heavy (non-hydrogen) atoms. The Kier molecular flexibility index (Phi) is 7.08. The van der Waals surface area contributed by atoms with Gasteiger partial charge in [-0.3, -0.25) is 0 Å². The Balaban J connectivity index is 3.94. The maximum atomic E-state index is 12.7. The maximum Gasteiger partial charge on any atom is 0.337 e. The summed E-state index contributed by atoms with van der Waals surface area (Å²) in [5.41, 5.74) is -4.15. The third kappa shape index (κ3) is 3.48. The lowest BCUT2D eigenvalue weighted by Crippen LogP contribution is -2.61. The van der Waals surface area contributed by atoms with Crippen molar-refractivity contribution in [1.29, 1.82) is 0 Å². The Bertz CT molecular complexity index is 704. The van der Waals surface area contributed by atoms with Crippen LogP contribution in [0.15, 0.2) is 39.7 Å². The number of aromatic nitrogens is 3. The molecule has 3 N–H and O–H groups in total. The number of nitrogens with zero attached hydrogens (tertiary/aromatic N) is 3. The van der Waals surface area contributed by atoms with E-state index in [4.69, 9.17) is 10.2 Å². The fourth-order valence-electron chi connectivity index (χ4n) is 2.62. The minimum Gasteiger partial charge on any atom is -0.395 e. The molecular weight excluding hydrogens is 318 g/mol. The van der Waals surface area contributed by atoms with Gasteiger partial charge in [-0.25, -0.2) is 28.1 Å². The van der Waals surface area contributed by atoms with Crippen LogP contribution >= 0.6 is 0 Å². The molecule has 0 fully saturated rings. The lowest BCUT2D eigenvalue weighted by Gasteiger charge is -2.32. The predicted molar refractivity (Wildman–Crippen MR) is 88.1 cm³/mol. The average molecular weight is 341 g/mol. The molecule has 1 aromatic heterocycles. The molecule has 0 aliphatic carbocycles. The molecule has 0 unspecified atom stereocenters. The van der Waals surface area contributed by atoms with Gasteiger partial charge in [0.2, 0.25) is 0 Å². The smallest absolute Gasteiger partial charge is 0.337 e. The van der Waals surface area contributed by atoms with Crippen molar-refractivity contribution in [3.05, 3.63) is 56.8 Å². The molecule has 1 aromatic rings. The van der Waals surface area contributed by atoms with Crippen molar-refractivity contribution < 1.29 is 15.3 Å². The molecule has 0 saturated carbocycles. The van der Waals surface area contributed by atoms with E-state index in [0.29, 0.717) is 9.13 Å². The fourth-order valence-corrected chi connectivity index (χ4v) is 2.62. The van der Waals surface area contributed by atoms with Crippen molar-refractivity contribution in [2.24, 2.45) is 0 Å². The molecule has 0 radical (unpaired) electrons. The van der Waals surface area contributed by atoms with Crippen molar-refractivity contribution in [2.45, 2.75) is 31.5 Å². The van der Waals surface area contributed by atoms with E-state index >= 15 is 0 Å². The van der Waals surface area contributed by atoms with Gasteiger partial charge < -0.3 is 15.3 Å². The minimum atomic E-state index is -1.35. The molecule has 1 heterocycles. The van der Waals surface area contributed by atoms with Crippen LogP contribution in [-0.2, 0) is 18.6 Å². The SMILES string of the molecule is C=CCC(CO)(CC=C)n1c(=O)n(CCO)c(=O)n(CCO)c1=O. The summed E-state index contributed by atoms with van der Waals surface area (Å²) < 4.78 is 2.18. The first-order valence-corrected chi connectivity index (χ1v) is 7.45. The van der Waals surface area contributed by atoms with Crippen LogP contribution < -0.4 is 17.1 Å². The second-order valence-electron chi connectivity index (χ2n) is 5.30. The summed E-state index contributed by atoms with van der Waals surface area (Å²) in [5.74, 6) is 0. The van der Waals surface area contributed by atoms with Crippen molar-refractivity contribution in [3.63, 3.8) is 0 Å². The van der Waals surface area contributed by atoms with E-state index in [-0.39, 0.29) is 25.9 Å². The second-order valence-corrected chi connectivity index (χ2v) is 5.30. The zero-order valence-electron chi connectivity index (χ0n) is 13.4. The minimum absolute atomic E-state index is 0.0844. The monoisotopic (exact) mass is 341 g/mol. The van der Waals surface area contributed by atoms with E-state index in [0.717, 1.165) is 4.57 Å². The van der Waals surface area contributed by atoms with Crippen LogP contribution in [-0.4, -0.2) is 48.8 Å². The van der Waals surface area contributed by atoms with Gasteiger partial charge in [0.15, 0.2) is 0 Å². The Morgan fingerprint density at radius 1 is 0.833 bits per heavy atom. The highest BCUT2D eigenvalue weighted by atomic mass is 16.3. The number of rotatable bonds is 10.